The Morgan fingerprint density at radius 3 is 2.75 bits per heavy atom. The van der Waals surface area contributed by atoms with E-state index >= 15 is 0 Å². The summed E-state index contributed by atoms with van der Waals surface area (Å²) in [6.07, 6.45) is 0. The number of nitro benzene ring substituents is 1. The van der Waals surface area contributed by atoms with E-state index in [0.29, 0.717) is 5.56 Å². The molecule has 0 saturated heterocycles. The number of aryl methyl sites for hydroxylation is 1. The summed E-state index contributed by atoms with van der Waals surface area (Å²) in [5.74, 6) is 0.276. The minimum absolute atomic E-state index is 0.0711. The van der Waals surface area contributed by atoms with Crippen LogP contribution < -0.4 is 10.1 Å². The average molecular weight is 296 g/mol. The number of nitro groups is 1. The lowest BCUT2D eigenvalue weighted by Crippen LogP contribution is -2.03. The van der Waals surface area contributed by atoms with Crippen LogP contribution in [0.15, 0.2) is 18.2 Å². The molecule has 0 fully saturated rings. The van der Waals surface area contributed by atoms with Crippen LogP contribution in [-0.2, 0) is 0 Å². The number of nitrogens with zero attached hydrogens (tertiary/aromatic N) is 4. The summed E-state index contributed by atoms with van der Waals surface area (Å²) in [4.78, 5) is 21.9. The fourth-order valence-corrected chi connectivity index (χ4v) is 1.65. The third-order valence-electron chi connectivity index (χ3n) is 2.39. The molecule has 20 heavy (non-hydrogen) atoms. The molecule has 0 spiro atoms. The largest absolute Gasteiger partial charge is 0.416 e. The van der Waals surface area contributed by atoms with Gasteiger partial charge in [-0.1, -0.05) is 12.1 Å². The Kier molecular flexibility index (Phi) is 3.94. The third-order valence-corrected chi connectivity index (χ3v) is 2.56. The van der Waals surface area contributed by atoms with Gasteiger partial charge in [0.05, 0.1) is 4.92 Å². The van der Waals surface area contributed by atoms with E-state index in [1.54, 1.807) is 26.1 Å². The molecule has 0 unspecified atom stereocenters. The zero-order valence-corrected chi connectivity index (χ0v) is 11.4. The maximum atomic E-state index is 11.0. The van der Waals surface area contributed by atoms with Crippen LogP contribution in [0.4, 0.5) is 11.6 Å². The number of ether oxygens (including phenoxy) is 1. The third kappa shape index (κ3) is 2.91. The lowest BCUT2D eigenvalue weighted by molar-refractivity contribution is -0.385. The summed E-state index contributed by atoms with van der Waals surface area (Å²) < 4.78 is 5.40. The van der Waals surface area contributed by atoms with Crippen molar-refractivity contribution in [3.8, 4) is 11.8 Å². The first-order valence-corrected chi connectivity index (χ1v) is 5.90. The minimum atomic E-state index is -0.538. The van der Waals surface area contributed by atoms with Gasteiger partial charge in [0, 0.05) is 13.1 Å². The molecule has 0 atom stereocenters. The van der Waals surface area contributed by atoms with Crippen molar-refractivity contribution in [1.29, 1.82) is 0 Å². The van der Waals surface area contributed by atoms with Crippen molar-refractivity contribution in [2.24, 2.45) is 0 Å². The number of halogens is 1. The van der Waals surface area contributed by atoms with Crippen molar-refractivity contribution in [2.45, 2.75) is 6.92 Å². The van der Waals surface area contributed by atoms with Crippen LogP contribution in [0.3, 0.4) is 0 Å². The summed E-state index contributed by atoms with van der Waals surface area (Å²) in [7, 11) is 1.60. The van der Waals surface area contributed by atoms with Crippen molar-refractivity contribution < 1.29 is 9.66 Å². The quantitative estimate of drug-likeness (QED) is 0.683. The predicted octanol–water partition coefficient (Wildman–Crippen LogP) is 2.58. The van der Waals surface area contributed by atoms with Crippen LogP contribution in [0.2, 0.25) is 5.28 Å². The van der Waals surface area contributed by atoms with Gasteiger partial charge in [0.2, 0.25) is 17.0 Å². The minimum Gasteiger partial charge on any atom is -0.416 e. The van der Waals surface area contributed by atoms with E-state index in [0.717, 1.165) is 0 Å². The van der Waals surface area contributed by atoms with Gasteiger partial charge in [0.1, 0.15) is 0 Å². The first-order chi connectivity index (χ1) is 9.51. The summed E-state index contributed by atoms with van der Waals surface area (Å²) in [5.41, 5.74) is 0.411. The Labute approximate surface area is 118 Å². The maximum Gasteiger partial charge on any atom is 0.328 e. The number of anilines is 1. The second-order valence-electron chi connectivity index (χ2n) is 3.74. The zero-order valence-electron chi connectivity index (χ0n) is 10.6. The van der Waals surface area contributed by atoms with Crippen LogP contribution in [-0.4, -0.2) is 26.9 Å². The topological polar surface area (TPSA) is 103 Å². The fraction of sp³-hybridized carbons (Fsp3) is 0.182. The van der Waals surface area contributed by atoms with Crippen molar-refractivity contribution >= 4 is 23.2 Å². The first-order valence-electron chi connectivity index (χ1n) is 5.52. The van der Waals surface area contributed by atoms with Crippen molar-refractivity contribution in [2.75, 3.05) is 12.4 Å². The highest BCUT2D eigenvalue weighted by atomic mass is 35.5. The molecule has 1 aromatic heterocycles. The van der Waals surface area contributed by atoms with Gasteiger partial charge < -0.3 is 10.1 Å². The van der Waals surface area contributed by atoms with Crippen molar-refractivity contribution in [3.63, 3.8) is 0 Å². The van der Waals surface area contributed by atoms with Gasteiger partial charge in [0.25, 0.3) is 0 Å². The van der Waals surface area contributed by atoms with E-state index in [4.69, 9.17) is 16.3 Å². The lowest BCUT2D eigenvalue weighted by atomic mass is 10.2. The van der Waals surface area contributed by atoms with Gasteiger partial charge in [-0.15, -0.1) is 0 Å². The summed E-state index contributed by atoms with van der Waals surface area (Å²) in [6.45, 7) is 1.68. The number of hydrogen-bond donors (Lipinski definition) is 1. The number of para-hydroxylation sites is 1. The highest BCUT2D eigenvalue weighted by molar-refractivity contribution is 6.28. The predicted molar refractivity (Wildman–Crippen MR) is 72.3 cm³/mol. The van der Waals surface area contributed by atoms with E-state index in [9.17, 15) is 10.1 Å². The molecule has 1 N–H and O–H groups in total. The first kappa shape index (κ1) is 13.9. The molecule has 0 radical (unpaired) electrons. The molecule has 0 aliphatic carbocycles. The normalized spacial score (nSPS) is 10.2. The highest BCUT2D eigenvalue weighted by Crippen LogP contribution is 2.33. The monoisotopic (exact) mass is 295 g/mol. The molecule has 2 rings (SSSR count). The molecule has 0 aliphatic rings. The molecule has 0 aliphatic heterocycles. The molecule has 0 amide bonds. The second-order valence-corrected chi connectivity index (χ2v) is 4.08. The van der Waals surface area contributed by atoms with Gasteiger partial charge in [-0.05, 0) is 24.1 Å². The average Bonchev–Trinajstić information content (AvgIpc) is 2.40. The lowest BCUT2D eigenvalue weighted by Gasteiger charge is -2.08. The van der Waals surface area contributed by atoms with E-state index in [2.05, 4.69) is 20.3 Å². The van der Waals surface area contributed by atoms with E-state index < -0.39 is 4.92 Å². The molecular weight excluding hydrogens is 286 g/mol. The smallest absolute Gasteiger partial charge is 0.328 e. The van der Waals surface area contributed by atoms with E-state index in [-0.39, 0.29) is 28.7 Å². The SMILES string of the molecule is CNc1nc(Cl)nc(Oc2c(C)cccc2[N+](=O)[O-])n1. The number of benzene rings is 1. The molecule has 1 aromatic carbocycles. The Balaban J connectivity index is 2.44. The fourth-order valence-electron chi connectivity index (χ4n) is 1.49. The Morgan fingerprint density at radius 1 is 1.35 bits per heavy atom. The van der Waals surface area contributed by atoms with Crippen LogP contribution in [0.1, 0.15) is 5.56 Å². The summed E-state index contributed by atoms with van der Waals surface area (Å²) >= 11 is 5.72. The zero-order chi connectivity index (χ0) is 14.7. The Bertz CT molecular complexity index is 665. The molecule has 9 heteroatoms. The van der Waals surface area contributed by atoms with Gasteiger partial charge in [-0.3, -0.25) is 10.1 Å². The maximum absolute atomic E-state index is 11.0. The standard InChI is InChI=1S/C11H10ClN5O3/c1-6-4-3-5-7(17(18)19)8(6)20-11-15-9(12)14-10(13-2)16-11/h3-5H,1-2H3,(H,13,14,15,16). The van der Waals surface area contributed by atoms with E-state index in [1.165, 1.54) is 6.07 Å². The van der Waals surface area contributed by atoms with Gasteiger partial charge >= 0.3 is 11.7 Å². The van der Waals surface area contributed by atoms with Crippen LogP contribution in [0, 0.1) is 17.0 Å². The molecule has 0 bridgehead atoms. The molecule has 8 nitrogen and oxygen atoms in total. The number of nitrogens with one attached hydrogen (secondary N) is 1. The van der Waals surface area contributed by atoms with Gasteiger partial charge in [-0.2, -0.15) is 15.0 Å². The number of rotatable bonds is 4. The van der Waals surface area contributed by atoms with Crippen molar-refractivity contribution in [1.82, 2.24) is 15.0 Å². The number of aromatic nitrogens is 3. The highest BCUT2D eigenvalue weighted by Gasteiger charge is 2.19. The van der Waals surface area contributed by atoms with Crippen molar-refractivity contribution in [3.05, 3.63) is 39.2 Å². The molecular formula is C11H10ClN5O3. The molecule has 104 valence electrons. The Morgan fingerprint density at radius 2 is 2.10 bits per heavy atom. The molecule has 1 heterocycles. The molecule has 0 saturated carbocycles. The summed E-state index contributed by atoms with van der Waals surface area (Å²) in [6, 6.07) is 4.47. The van der Waals surface area contributed by atoms with Gasteiger partial charge in [0.15, 0.2) is 0 Å². The second kappa shape index (κ2) is 5.66. The van der Waals surface area contributed by atoms with Crippen LogP contribution >= 0.6 is 11.6 Å². The Hall–Kier alpha value is -2.48. The summed E-state index contributed by atoms with van der Waals surface area (Å²) in [5, 5.41) is 13.6. The van der Waals surface area contributed by atoms with Crippen LogP contribution in [0.25, 0.3) is 0 Å². The van der Waals surface area contributed by atoms with Crippen LogP contribution in [0.5, 0.6) is 11.8 Å². The van der Waals surface area contributed by atoms with E-state index in [1.807, 2.05) is 0 Å². The number of hydrogen-bond acceptors (Lipinski definition) is 7. The van der Waals surface area contributed by atoms with Gasteiger partial charge in [-0.25, -0.2) is 0 Å². The molecule has 2 aromatic rings.